The zero-order valence-corrected chi connectivity index (χ0v) is 14.0. The zero-order valence-electron chi connectivity index (χ0n) is 14.0. The molecule has 124 valence electrons. The SMILES string of the molecule is Cc1cc(C)n2nc(C(=O)N3CCC[C@H]3c3cnn(C)c3)nc2n1. The molecule has 4 rings (SSSR count). The summed E-state index contributed by atoms with van der Waals surface area (Å²) in [4.78, 5) is 23.5. The van der Waals surface area contributed by atoms with Crippen molar-refractivity contribution in [1.82, 2.24) is 34.3 Å². The predicted molar refractivity (Wildman–Crippen MR) is 86.5 cm³/mol. The fraction of sp³-hybridized carbons (Fsp3) is 0.438. The first-order valence-electron chi connectivity index (χ1n) is 8.03. The molecule has 0 N–H and O–H groups in total. The topological polar surface area (TPSA) is 81.2 Å². The second-order valence-electron chi connectivity index (χ2n) is 6.29. The lowest BCUT2D eigenvalue weighted by molar-refractivity contribution is 0.0723. The molecule has 24 heavy (non-hydrogen) atoms. The van der Waals surface area contributed by atoms with E-state index in [9.17, 15) is 4.79 Å². The van der Waals surface area contributed by atoms with Crippen molar-refractivity contribution in [3.63, 3.8) is 0 Å². The smallest absolute Gasteiger partial charge is 0.294 e. The molecule has 4 heterocycles. The number of fused-ring (bicyclic) bond motifs is 1. The Labute approximate surface area is 139 Å². The van der Waals surface area contributed by atoms with Gasteiger partial charge in [0.15, 0.2) is 0 Å². The van der Waals surface area contributed by atoms with Gasteiger partial charge in [0, 0.05) is 36.7 Å². The van der Waals surface area contributed by atoms with E-state index in [4.69, 9.17) is 0 Å². The molecular formula is C16H19N7O. The van der Waals surface area contributed by atoms with Crippen molar-refractivity contribution < 1.29 is 4.79 Å². The highest BCUT2D eigenvalue weighted by atomic mass is 16.2. The molecule has 0 aromatic carbocycles. The summed E-state index contributed by atoms with van der Waals surface area (Å²) < 4.78 is 3.38. The van der Waals surface area contributed by atoms with Crippen LogP contribution in [0.5, 0.6) is 0 Å². The van der Waals surface area contributed by atoms with E-state index in [1.54, 1.807) is 9.20 Å². The van der Waals surface area contributed by atoms with Gasteiger partial charge in [-0.3, -0.25) is 9.48 Å². The molecule has 1 fully saturated rings. The maximum Gasteiger partial charge on any atom is 0.294 e. The minimum atomic E-state index is -0.149. The molecule has 1 aliphatic rings. The van der Waals surface area contributed by atoms with Crippen LogP contribution < -0.4 is 0 Å². The number of rotatable bonds is 2. The molecule has 1 amide bonds. The predicted octanol–water partition coefficient (Wildman–Crippen LogP) is 1.45. The molecule has 3 aromatic rings. The van der Waals surface area contributed by atoms with Gasteiger partial charge in [-0.1, -0.05) is 0 Å². The molecule has 0 saturated carbocycles. The first-order valence-corrected chi connectivity index (χ1v) is 8.03. The fourth-order valence-electron chi connectivity index (χ4n) is 3.35. The Kier molecular flexibility index (Phi) is 3.33. The molecule has 0 bridgehead atoms. The summed E-state index contributed by atoms with van der Waals surface area (Å²) in [7, 11) is 1.88. The van der Waals surface area contributed by atoms with Crippen molar-refractivity contribution in [3.05, 3.63) is 41.2 Å². The molecule has 0 spiro atoms. The summed E-state index contributed by atoms with van der Waals surface area (Å²) in [6.07, 6.45) is 5.68. The van der Waals surface area contributed by atoms with Gasteiger partial charge in [0.1, 0.15) is 0 Å². The number of hydrogen-bond donors (Lipinski definition) is 0. The molecule has 1 saturated heterocycles. The average molecular weight is 325 g/mol. The van der Waals surface area contributed by atoms with Crippen LogP contribution in [0, 0.1) is 13.8 Å². The third kappa shape index (κ3) is 2.34. The number of aryl methyl sites for hydroxylation is 3. The Morgan fingerprint density at radius 3 is 2.88 bits per heavy atom. The van der Waals surface area contributed by atoms with Crippen molar-refractivity contribution >= 4 is 11.7 Å². The molecule has 3 aromatic heterocycles. The van der Waals surface area contributed by atoms with E-state index in [0.717, 1.165) is 29.8 Å². The van der Waals surface area contributed by atoms with Gasteiger partial charge in [0.2, 0.25) is 5.82 Å². The van der Waals surface area contributed by atoms with Crippen LogP contribution in [0.1, 0.15) is 46.5 Å². The van der Waals surface area contributed by atoms with Gasteiger partial charge in [-0.25, -0.2) is 9.50 Å². The normalized spacial score (nSPS) is 17.8. The molecule has 0 aliphatic carbocycles. The molecule has 0 radical (unpaired) electrons. The number of aromatic nitrogens is 6. The number of likely N-dealkylation sites (tertiary alicyclic amines) is 1. The van der Waals surface area contributed by atoms with Crippen LogP contribution >= 0.6 is 0 Å². The van der Waals surface area contributed by atoms with E-state index < -0.39 is 0 Å². The van der Waals surface area contributed by atoms with Gasteiger partial charge in [0.25, 0.3) is 11.7 Å². The minimum absolute atomic E-state index is 0.0357. The summed E-state index contributed by atoms with van der Waals surface area (Å²) in [6, 6.07) is 1.96. The van der Waals surface area contributed by atoms with Gasteiger partial charge >= 0.3 is 0 Å². The first kappa shape index (κ1) is 14.8. The fourth-order valence-corrected chi connectivity index (χ4v) is 3.35. The lowest BCUT2D eigenvalue weighted by Crippen LogP contribution is -2.31. The highest BCUT2D eigenvalue weighted by Crippen LogP contribution is 2.32. The van der Waals surface area contributed by atoms with Crippen molar-refractivity contribution in [1.29, 1.82) is 0 Å². The minimum Gasteiger partial charge on any atom is -0.329 e. The Bertz CT molecular complexity index is 926. The Hall–Kier alpha value is -2.77. The molecule has 1 atom stereocenters. The number of nitrogens with zero attached hydrogens (tertiary/aromatic N) is 7. The molecule has 0 unspecified atom stereocenters. The molecule has 8 heteroatoms. The lowest BCUT2D eigenvalue weighted by Gasteiger charge is -2.22. The third-order valence-corrected chi connectivity index (χ3v) is 4.43. The van der Waals surface area contributed by atoms with E-state index in [2.05, 4.69) is 20.2 Å². The third-order valence-electron chi connectivity index (χ3n) is 4.43. The molecule has 1 aliphatic heterocycles. The van der Waals surface area contributed by atoms with Crippen LogP contribution in [0.25, 0.3) is 5.78 Å². The van der Waals surface area contributed by atoms with Crippen LogP contribution in [0.3, 0.4) is 0 Å². The monoisotopic (exact) mass is 325 g/mol. The van der Waals surface area contributed by atoms with Crippen molar-refractivity contribution in [2.24, 2.45) is 7.05 Å². The number of carbonyl (C=O) groups excluding carboxylic acids is 1. The summed E-state index contributed by atoms with van der Waals surface area (Å²) in [5, 5.41) is 8.58. The van der Waals surface area contributed by atoms with Crippen LogP contribution in [-0.2, 0) is 7.05 Å². The highest BCUT2D eigenvalue weighted by Gasteiger charge is 2.33. The Morgan fingerprint density at radius 1 is 1.29 bits per heavy atom. The summed E-state index contributed by atoms with van der Waals surface area (Å²) >= 11 is 0. The van der Waals surface area contributed by atoms with Crippen molar-refractivity contribution in [3.8, 4) is 0 Å². The number of carbonyl (C=O) groups is 1. The van der Waals surface area contributed by atoms with E-state index in [1.165, 1.54) is 0 Å². The van der Waals surface area contributed by atoms with Gasteiger partial charge in [-0.15, -0.1) is 5.10 Å². The van der Waals surface area contributed by atoms with E-state index in [1.807, 2.05) is 44.3 Å². The molecule has 8 nitrogen and oxygen atoms in total. The van der Waals surface area contributed by atoms with Crippen LogP contribution in [0.4, 0.5) is 0 Å². The quantitative estimate of drug-likeness (QED) is 0.712. The van der Waals surface area contributed by atoms with Gasteiger partial charge < -0.3 is 4.90 Å². The van der Waals surface area contributed by atoms with Gasteiger partial charge in [0.05, 0.1) is 12.2 Å². The van der Waals surface area contributed by atoms with Crippen LogP contribution in [0.2, 0.25) is 0 Å². The summed E-state index contributed by atoms with van der Waals surface area (Å²) in [5.41, 5.74) is 2.83. The largest absolute Gasteiger partial charge is 0.329 e. The Balaban J connectivity index is 1.69. The van der Waals surface area contributed by atoms with Crippen LogP contribution in [0.15, 0.2) is 18.5 Å². The molecular weight excluding hydrogens is 306 g/mol. The second kappa shape index (κ2) is 5.40. The maximum absolute atomic E-state index is 12.9. The number of hydrogen-bond acceptors (Lipinski definition) is 5. The zero-order chi connectivity index (χ0) is 16.8. The van der Waals surface area contributed by atoms with Crippen LogP contribution in [-0.4, -0.2) is 46.7 Å². The maximum atomic E-state index is 12.9. The van der Waals surface area contributed by atoms with Crippen molar-refractivity contribution in [2.75, 3.05) is 6.54 Å². The van der Waals surface area contributed by atoms with Gasteiger partial charge in [-0.2, -0.15) is 10.1 Å². The van der Waals surface area contributed by atoms with E-state index in [0.29, 0.717) is 12.3 Å². The first-order chi connectivity index (χ1) is 11.5. The average Bonchev–Trinajstić information content (AvgIpc) is 3.23. The summed E-state index contributed by atoms with van der Waals surface area (Å²) in [6.45, 7) is 4.54. The highest BCUT2D eigenvalue weighted by molar-refractivity contribution is 5.91. The number of amides is 1. The lowest BCUT2D eigenvalue weighted by atomic mass is 10.1. The standard InChI is InChI=1S/C16H19N7O/c1-10-7-11(2)23-16(18-10)19-14(20-23)15(24)22-6-4-5-13(22)12-8-17-21(3)9-12/h7-9,13H,4-6H2,1-3H3/t13-/m0/s1. The van der Waals surface area contributed by atoms with E-state index >= 15 is 0 Å². The van der Waals surface area contributed by atoms with Gasteiger partial charge in [-0.05, 0) is 32.8 Å². The summed E-state index contributed by atoms with van der Waals surface area (Å²) in [5.74, 6) is 0.517. The Morgan fingerprint density at radius 2 is 2.12 bits per heavy atom. The van der Waals surface area contributed by atoms with Crippen molar-refractivity contribution in [2.45, 2.75) is 32.7 Å². The van der Waals surface area contributed by atoms with E-state index in [-0.39, 0.29) is 17.8 Å². The second-order valence-corrected chi connectivity index (χ2v) is 6.29.